The Hall–Kier alpha value is -3.13. The van der Waals surface area contributed by atoms with Gasteiger partial charge in [-0.3, -0.25) is 4.98 Å². The number of nitriles is 1. The van der Waals surface area contributed by atoms with Crippen LogP contribution in [0.3, 0.4) is 0 Å². The van der Waals surface area contributed by atoms with Gasteiger partial charge >= 0.3 is 0 Å². The molecule has 112 valence electrons. The van der Waals surface area contributed by atoms with E-state index < -0.39 is 6.04 Å². The third kappa shape index (κ3) is 2.55. The summed E-state index contributed by atoms with van der Waals surface area (Å²) in [6.45, 7) is 1.76. The number of halogens is 1. The average molecular weight is 304 g/mol. The van der Waals surface area contributed by atoms with Gasteiger partial charge in [0.1, 0.15) is 5.82 Å². The highest BCUT2D eigenvalue weighted by atomic mass is 19.1. The number of nitrogens with zero attached hydrogens (tertiary/aromatic N) is 3. The van der Waals surface area contributed by atoms with E-state index in [1.54, 1.807) is 37.4 Å². The minimum atomic E-state index is -0.452. The van der Waals surface area contributed by atoms with Crippen LogP contribution in [0.25, 0.3) is 22.0 Å². The Morgan fingerprint density at radius 2 is 2.09 bits per heavy atom. The van der Waals surface area contributed by atoms with E-state index in [4.69, 9.17) is 5.53 Å². The Kier molecular flexibility index (Phi) is 3.82. The van der Waals surface area contributed by atoms with Gasteiger partial charge in [-0.1, -0.05) is 12.1 Å². The van der Waals surface area contributed by atoms with Gasteiger partial charge in [-0.2, -0.15) is 10.4 Å². The van der Waals surface area contributed by atoms with Crippen LogP contribution in [0.2, 0.25) is 0 Å². The van der Waals surface area contributed by atoms with Gasteiger partial charge in [-0.05, 0) is 48.4 Å². The molecule has 3 rings (SSSR count). The fourth-order valence-corrected chi connectivity index (χ4v) is 2.70. The molecule has 1 unspecified atom stereocenters. The fraction of sp³-hybridized carbons (Fsp3) is 0.111. The molecule has 0 amide bonds. The summed E-state index contributed by atoms with van der Waals surface area (Å²) in [5, 5.41) is 13.7. The van der Waals surface area contributed by atoms with Crippen LogP contribution < -0.4 is 0 Å². The van der Waals surface area contributed by atoms with E-state index in [0.29, 0.717) is 33.2 Å². The molecule has 0 bridgehead atoms. The molecule has 0 aliphatic heterocycles. The molecule has 5 heteroatoms. The highest BCUT2D eigenvalue weighted by Crippen LogP contribution is 2.37. The second-order valence-electron chi connectivity index (χ2n) is 5.22. The quantitative estimate of drug-likeness (QED) is 0.691. The lowest BCUT2D eigenvalue weighted by Crippen LogP contribution is -1.99. The zero-order chi connectivity index (χ0) is 16.4. The third-order valence-corrected chi connectivity index (χ3v) is 3.80. The van der Waals surface area contributed by atoms with Crippen LogP contribution >= 0.6 is 0 Å². The van der Waals surface area contributed by atoms with E-state index in [1.807, 2.05) is 6.07 Å². The monoisotopic (exact) mass is 304 g/mol. The summed E-state index contributed by atoms with van der Waals surface area (Å²) < 4.78 is 13.7. The van der Waals surface area contributed by atoms with Crippen LogP contribution in [0.1, 0.15) is 24.1 Å². The molecular weight excluding hydrogens is 291 g/mol. The Morgan fingerprint density at radius 1 is 1.26 bits per heavy atom. The molecule has 2 aromatic carbocycles. The van der Waals surface area contributed by atoms with E-state index in [-0.39, 0.29) is 5.82 Å². The van der Waals surface area contributed by atoms with Crippen molar-refractivity contribution in [2.75, 3.05) is 0 Å². The van der Waals surface area contributed by atoms with Crippen LogP contribution in [0.15, 0.2) is 53.8 Å². The number of rotatable bonds is 3. The standard InChI is InChI=1S/C18H13FN4/c1-11(23-21)16-9-13(10-20)15-6-3-7-22-18(15)17(16)12-4-2-5-14(19)8-12/h2-9,11,21H,1H3. The van der Waals surface area contributed by atoms with E-state index in [0.717, 1.165) is 0 Å². The average Bonchev–Trinajstić information content (AvgIpc) is 2.59. The van der Waals surface area contributed by atoms with Crippen LogP contribution in [-0.2, 0) is 0 Å². The van der Waals surface area contributed by atoms with Crippen LogP contribution in [-0.4, -0.2) is 4.98 Å². The molecule has 0 aliphatic rings. The molecule has 0 saturated carbocycles. The third-order valence-electron chi connectivity index (χ3n) is 3.80. The van der Waals surface area contributed by atoms with Crippen molar-refractivity contribution in [2.45, 2.75) is 13.0 Å². The van der Waals surface area contributed by atoms with Gasteiger partial charge in [0.05, 0.1) is 23.2 Å². The van der Waals surface area contributed by atoms with E-state index in [1.165, 1.54) is 12.1 Å². The normalized spacial score (nSPS) is 11.9. The molecular formula is C18H13FN4. The largest absolute Gasteiger partial charge is 0.256 e. The molecule has 1 N–H and O–H groups in total. The number of hydrogen-bond acceptors (Lipinski definition) is 4. The van der Waals surface area contributed by atoms with Crippen LogP contribution in [0.4, 0.5) is 4.39 Å². The predicted molar refractivity (Wildman–Crippen MR) is 85.4 cm³/mol. The van der Waals surface area contributed by atoms with E-state index in [2.05, 4.69) is 16.2 Å². The van der Waals surface area contributed by atoms with Gasteiger partial charge in [0.15, 0.2) is 0 Å². The summed E-state index contributed by atoms with van der Waals surface area (Å²) in [6, 6.07) is 13.2. The first kappa shape index (κ1) is 14.8. The van der Waals surface area contributed by atoms with Crippen molar-refractivity contribution in [3.05, 3.63) is 65.6 Å². The first-order valence-electron chi connectivity index (χ1n) is 7.10. The molecule has 1 atom stereocenters. The lowest BCUT2D eigenvalue weighted by Gasteiger charge is -2.16. The van der Waals surface area contributed by atoms with Gasteiger partial charge in [0, 0.05) is 17.1 Å². The Balaban J connectivity index is 2.47. The molecule has 4 nitrogen and oxygen atoms in total. The SMILES string of the molecule is CC(N=N)c1cc(C#N)c2cccnc2c1-c1cccc(F)c1. The molecule has 1 aromatic heterocycles. The highest BCUT2D eigenvalue weighted by molar-refractivity contribution is 5.98. The second-order valence-corrected chi connectivity index (χ2v) is 5.22. The van der Waals surface area contributed by atoms with Crippen LogP contribution in [0, 0.1) is 22.7 Å². The summed E-state index contributed by atoms with van der Waals surface area (Å²) >= 11 is 0. The molecule has 0 saturated heterocycles. The van der Waals surface area contributed by atoms with E-state index >= 15 is 0 Å². The molecule has 0 radical (unpaired) electrons. The lowest BCUT2D eigenvalue weighted by molar-refractivity contribution is 0.628. The highest BCUT2D eigenvalue weighted by Gasteiger charge is 2.19. The van der Waals surface area contributed by atoms with Gasteiger partial charge in [-0.15, -0.1) is 0 Å². The van der Waals surface area contributed by atoms with Gasteiger partial charge in [-0.25, -0.2) is 9.92 Å². The van der Waals surface area contributed by atoms with Gasteiger partial charge < -0.3 is 0 Å². The smallest absolute Gasteiger partial charge is 0.123 e. The molecule has 0 spiro atoms. The number of nitrogens with one attached hydrogen (secondary N) is 1. The minimum absolute atomic E-state index is 0.350. The molecule has 3 aromatic rings. The van der Waals surface area contributed by atoms with Crippen molar-refractivity contribution in [1.82, 2.24) is 4.98 Å². The van der Waals surface area contributed by atoms with Gasteiger partial charge in [0.25, 0.3) is 0 Å². The summed E-state index contributed by atoms with van der Waals surface area (Å²) in [4.78, 5) is 4.40. The second kappa shape index (κ2) is 5.93. The van der Waals surface area contributed by atoms with Crippen molar-refractivity contribution in [2.24, 2.45) is 5.11 Å². The molecule has 0 aliphatic carbocycles. The topological polar surface area (TPSA) is 72.9 Å². The molecule has 1 heterocycles. The minimum Gasteiger partial charge on any atom is -0.256 e. The van der Waals surface area contributed by atoms with Crippen molar-refractivity contribution >= 4 is 10.9 Å². The maximum Gasteiger partial charge on any atom is 0.123 e. The summed E-state index contributed by atoms with van der Waals surface area (Å²) in [7, 11) is 0. The van der Waals surface area contributed by atoms with Crippen molar-refractivity contribution in [3.63, 3.8) is 0 Å². The lowest BCUT2D eigenvalue weighted by atomic mass is 9.90. The zero-order valence-electron chi connectivity index (χ0n) is 12.4. The number of fused-ring (bicyclic) bond motifs is 1. The molecule has 23 heavy (non-hydrogen) atoms. The fourth-order valence-electron chi connectivity index (χ4n) is 2.70. The first-order chi connectivity index (χ1) is 11.2. The van der Waals surface area contributed by atoms with E-state index in [9.17, 15) is 9.65 Å². The number of pyridine rings is 1. The van der Waals surface area contributed by atoms with Crippen molar-refractivity contribution in [1.29, 1.82) is 10.8 Å². The van der Waals surface area contributed by atoms with Crippen LogP contribution in [0.5, 0.6) is 0 Å². The maximum atomic E-state index is 13.7. The van der Waals surface area contributed by atoms with Gasteiger partial charge in [0.2, 0.25) is 0 Å². The first-order valence-corrected chi connectivity index (χ1v) is 7.10. The van der Waals surface area contributed by atoms with Crippen molar-refractivity contribution < 1.29 is 4.39 Å². The van der Waals surface area contributed by atoms with Crippen molar-refractivity contribution in [3.8, 4) is 17.2 Å². The maximum absolute atomic E-state index is 13.7. The predicted octanol–water partition coefficient (Wildman–Crippen LogP) is 5.00. The summed E-state index contributed by atoms with van der Waals surface area (Å²) in [6.07, 6.45) is 1.64. The number of benzene rings is 2. The molecule has 0 fully saturated rings. The Morgan fingerprint density at radius 3 is 2.78 bits per heavy atom. The Labute approximate surface area is 132 Å². The Bertz CT molecular complexity index is 943. The summed E-state index contributed by atoms with van der Waals surface area (Å²) in [5.74, 6) is -0.350. The zero-order valence-corrected chi connectivity index (χ0v) is 12.4. The number of hydrogen-bond donors (Lipinski definition) is 1. The summed E-state index contributed by atoms with van der Waals surface area (Å²) in [5.41, 5.74) is 10.5. The number of aromatic nitrogens is 1.